The van der Waals surface area contributed by atoms with Gasteiger partial charge in [0.15, 0.2) is 0 Å². The van der Waals surface area contributed by atoms with Crippen LogP contribution in [0.2, 0.25) is 0 Å². The monoisotopic (exact) mass is 283 g/mol. The van der Waals surface area contributed by atoms with E-state index in [1.54, 1.807) is 0 Å². The van der Waals surface area contributed by atoms with E-state index in [-0.39, 0.29) is 5.41 Å². The van der Waals surface area contributed by atoms with Gasteiger partial charge in [-0.1, -0.05) is 62.4 Å². The molecule has 0 bridgehead atoms. The number of aliphatic hydroxyl groups is 1. The lowest BCUT2D eigenvalue weighted by molar-refractivity contribution is 0.0541. The summed E-state index contributed by atoms with van der Waals surface area (Å²) in [6.07, 6.45) is -0.475. The molecular weight excluding hydrogens is 258 g/mol. The van der Waals surface area contributed by atoms with Gasteiger partial charge in [0.05, 0.1) is 6.10 Å². The summed E-state index contributed by atoms with van der Waals surface area (Å²) in [5, 5.41) is 10.7. The number of aliphatic hydroxyl groups excluding tert-OH is 1. The fourth-order valence-electron chi connectivity index (χ4n) is 2.69. The van der Waals surface area contributed by atoms with Gasteiger partial charge in [0.1, 0.15) is 0 Å². The molecule has 0 fully saturated rings. The van der Waals surface area contributed by atoms with Crippen LogP contribution >= 0.6 is 0 Å². The van der Waals surface area contributed by atoms with E-state index < -0.39 is 6.10 Å². The van der Waals surface area contributed by atoms with Crippen molar-refractivity contribution in [3.8, 4) is 0 Å². The maximum absolute atomic E-state index is 10.7. The third-order valence-corrected chi connectivity index (χ3v) is 3.96. The van der Waals surface area contributed by atoms with Gasteiger partial charge in [-0.2, -0.15) is 0 Å². The van der Waals surface area contributed by atoms with Crippen molar-refractivity contribution in [3.63, 3.8) is 0 Å². The molecule has 2 aromatic rings. The highest BCUT2D eigenvalue weighted by Crippen LogP contribution is 2.35. The predicted octanol–water partition coefficient (Wildman–Crippen LogP) is 4.27. The second kappa shape index (κ2) is 6.77. The highest BCUT2D eigenvalue weighted by Gasteiger charge is 2.31. The zero-order chi connectivity index (χ0) is 15.3. The molecule has 1 unspecified atom stereocenters. The minimum atomic E-state index is -0.475. The van der Waals surface area contributed by atoms with Crippen LogP contribution in [-0.2, 0) is 0 Å². The molecule has 0 radical (unpaired) electrons. The van der Waals surface area contributed by atoms with E-state index in [0.717, 1.165) is 18.7 Å². The average Bonchev–Trinajstić information content (AvgIpc) is 2.53. The Labute approximate surface area is 128 Å². The first-order valence-electron chi connectivity index (χ1n) is 7.57. The Balaban J connectivity index is 2.15. The van der Waals surface area contributed by atoms with Crippen LogP contribution in [0.1, 0.15) is 32.4 Å². The lowest BCUT2D eigenvalue weighted by Crippen LogP contribution is -2.38. The van der Waals surface area contributed by atoms with E-state index in [1.165, 1.54) is 5.69 Å². The summed E-state index contributed by atoms with van der Waals surface area (Å²) in [4.78, 5) is 2.31. The van der Waals surface area contributed by atoms with E-state index in [9.17, 15) is 5.11 Å². The number of nitrogens with zero attached hydrogens (tertiary/aromatic N) is 1. The molecule has 21 heavy (non-hydrogen) atoms. The van der Waals surface area contributed by atoms with E-state index in [4.69, 9.17) is 0 Å². The smallest absolute Gasteiger partial charge is 0.0857 e. The molecule has 0 aliphatic rings. The number of anilines is 1. The largest absolute Gasteiger partial charge is 0.388 e. The Morgan fingerprint density at radius 1 is 0.952 bits per heavy atom. The van der Waals surface area contributed by atoms with E-state index in [1.807, 2.05) is 36.4 Å². The molecule has 1 atom stereocenters. The number of rotatable bonds is 6. The van der Waals surface area contributed by atoms with Crippen LogP contribution in [0.3, 0.4) is 0 Å². The molecule has 0 saturated carbocycles. The summed E-state index contributed by atoms with van der Waals surface area (Å²) in [7, 11) is 0. The van der Waals surface area contributed by atoms with Gasteiger partial charge in [-0.05, 0) is 24.6 Å². The van der Waals surface area contributed by atoms with Crippen molar-refractivity contribution in [3.05, 3.63) is 66.2 Å². The minimum absolute atomic E-state index is 0.229. The molecule has 2 nitrogen and oxygen atoms in total. The van der Waals surface area contributed by atoms with Gasteiger partial charge in [-0.25, -0.2) is 0 Å². The van der Waals surface area contributed by atoms with E-state index >= 15 is 0 Å². The summed E-state index contributed by atoms with van der Waals surface area (Å²) < 4.78 is 0. The second-order valence-corrected chi connectivity index (χ2v) is 6.15. The third kappa shape index (κ3) is 3.85. The quantitative estimate of drug-likeness (QED) is 0.855. The number of hydrogen-bond acceptors (Lipinski definition) is 2. The number of benzene rings is 2. The fraction of sp³-hybridized carbons (Fsp3) is 0.368. The van der Waals surface area contributed by atoms with Gasteiger partial charge in [-0.15, -0.1) is 0 Å². The van der Waals surface area contributed by atoms with Gasteiger partial charge < -0.3 is 10.0 Å². The van der Waals surface area contributed by atoms with Gasteiger partial charge in [-0.3, -0.25) is 0 Å². The Hall–Kier alpha value is -1.80. The number of para-hydroxylation sites is 1. The van der Waals surface area contributed by atoms with Crippen molar-refractivity contribution in [2.24, 2.45) is 5.41 Å². The van der Waals surface area contributed by atoms with E-state index in [0.29, 0.717) is 0 Å². The van der Waals surface area contributed by atoms with Crippen molar-refractivity contribution in [1.82, 2.24) is 0 Å². The van der Waals surface area contributed by atoms with Crippen LogP contribution in [0, 0.1) is 5.41 Å². The Morgan fingerprint density at radius 2 is 1.48 bits per heavy atom. The maximum atomic E-state index is 10.7. The molecule has 0 aliphatic heterocycles. The first kappa shape index (κ1) is 15.6. The third-order valence-electron chi connectivity index (χ3n) is 3.96. The number of hydrogen-bond donors (Lipinski definition) is 1. The maximum Gasteiger partial charge on any atom is 0.0857 e. The van der Waals surface area contributed by atoms with Crippen LogP contribution < -0.4 is 4.90 Å². The fourth-order valence-corrected chi connectivity index (χ4v) is 2.69. The zero-order valence-corrected chi connectivity index (χ0v) is 13.2. The van der Waals surface area contributed by atoms with Crippen LogP contribution in [0.5, 0.6) is 0 Å². The van der Waals surface area contributed by atoms with Gasteiger partial charge >= 0.3 is 0 Å². The second-order valence-electron chi connectivity index (χ2n) is 6.15. The molecule has 0 aliphatic carbocycles. The Morgan fingerprint density at radius 3 is 2.00 bits per heavy atom. The molecule has 2 aromatic carbocycles. The molecule has 0 spiro atoms. The van der Waals surface area contributed by atoms with Crippen LogP contribution in [0.15, 0.2) is 60.7 Å². The molecule has 0 heterocycles. The first-order chi connectivity index (χ1) is 10.0. The standard InChI is InChI=1S/C19H25NO/c1-4-20(17-13-9-6-10-14-17)15-19(2,3)18(21)16-11-7-5-8-12-16/h5-14,18,21H,4,15H2,1-3H3. The summed E-state index contributed by atoms with van der Waals surface area (Å²) >= 11 is 0. The summed E-state index contributed by atoms with van der Waals surface area (Å²) in [6.45, 7) is 8.13. The van der Waals surface area contributed by atoms with Crippen molar-refractivity contribution in [2.75, 3.05) is 18.0 Å². The lowest BCUT2D eigenvalue weighted by atomic mass is 9.82. The molecule has 0 aromatic heterocycles. The summed E-state index contributed by atoms with van der Waals surface area (Å²) in [5.74, 6) is 0. The molecule has 0 saturated heterocycles. The first-order valence-corrected chi connectivity index (χ1v) is 7.57. The van der Waals surface area contributed by atoms with Crippen molar-refractivity contribution < 1.29 is 5.11 Å². The summed E-state index contributed by atoms with van der Waals surface area (Å²) in [5.41, 5.74) is 1.95. The highest BCUT2D eigenvalue weighted by atomic mass is 16.3. The SMILES string of the molecule is CCN(CC(C)(C)C(O)c1ccccc1)c1ccccc1. The average molecular weight is 283 g/mol. The summed E-state index contributed by atoms with van der Waals surface area (Å²) in [6, 6.07) is 20.3. The van der Waals surface area contributed by atoms with Crippen molar-refractivity contribution >= 4 is 5.69 Å². The Bertz CT molecular complexity index is 536. The van der Waals surface area contributed by atoms with Crippen molar-refractivity contribution in [2.45, 2.75) is 26.9 Å². The normalized spacial score (nSPS) is 13.0. The van der Waals surface area contributed by atoms with Crippen molar-refractivity contribution in [1.29, 1.82) is 0 Å². The zero-order valence-electron chi connectivity index (χ0n) is 13.2. The van der Waals surface area contributed by atoms with Crippen LogP contribution in [0.25, 0.3) is 0 Å². The Kier molecular flexibility index (Phi) is 5.03. The van der Waals surface area contributed by atoms with Gasteiger partial charge in [0.2, 0.25) is 0 Å². The molecule has 112 valence electrons. The topological polar surface area (TPSA) is 23.5 Å². The van der Waals surface area contributed by atoms with Gasteiger partial charge in [0.25, 0.3) is 0 Å². The predicted molar refractivity (Wildman–Crippen MR) is 89.5 cm³/mol. The molecule has 0 amide bonds. The lowest BCUT2D eigenvalue weighted by Gasteiger charge is -2.37. The van der Waals surface area contributed by atoms with Crippen LogP contribution in [-0.4, -0.2) is 18.2 Å². The molecular formula is C19H25NO. The van der Waals surface area contributed by atoms with Crippen LogP contribution in [0.4, 0.5) is 5.69 Å². The van der Waals surface area contributed by atoms with Gasteiger partial charge in [0, 0.05) is 24.2 Å². The molecule has 2 heteroatoms. The van der Waals surface area contributed by atoms with E-state index in [2.05, 4.69) is 49.9 Å². The molecule has 1 N–H and O–H groups in total. The highest BCUT2D eigenvalue weighted by molar-refractivity contribution is 5.46. The molecule has 2 rings (SSSR count). The minimum Gasteiger partial charge on any atom is -0.388 e.